The first-order valence-corrected chi connectivity index (χ1v) is 5.85. The molecule has 3 N–H and O–H groups in total. The van der Waals surface area contributed by atoms with Crippen molar-refractivity contribution < 1.29 is 4.74 Å². The molecule has 0 amide bonds. The summed E-state index contributed by atoms with van der Waals surface area (Å²) in [5.41, 5.74) is 7.56. The summed E-state index contributed by atoms with van der Waals surface area (Å²) in [7, 11) is 1.59. The van der Waals surface area contributed by atoms with Crippen LogP contribution < -0.4 is 15.8 Å². The molecule has 0 atom stereocenters. The molecule has 0 unspecified atom stereocenters. The second-order valence-corrected chi connectivity index (χ2v) is 4.29. The second-order valence-electron chi connectivity index (χ2n) is 4.29. The maximum atomic E-state index is 5.93. The summed E-state index contributed by atoms with van der Waals surface area (Å²) in [5.74, 6) is 0.562. The highest BCUT2D eigenvalue weighted by molar-refractivity contribution is 5.66. The summed E-state index contributed by atoms with van der Waals surface area (Å²) >= 11 is 0. The number of hydrogen-bond acceptors (Lipinski definition) is 4. The van der Waals surface area contributed by atoms with Crippen molar-refractivity contribution in [3.8, 4) is 5.88 Å². The van der Waals surface area contributed by atoms with Crippen LogP contribution in [0.3, 0.4) is 0 Å². The van der Waals surface area contributed by atoms with E-state index < -0.39 is 0 Å². The number of rotatable bonds is 3. The van der Waals surface area contributed by atoms with Crippen molar-refractivity contribution in [1.82, 2.24) is 4.98 Å². The third kappa shape index (κ3) is 2.56. The fraction of sp³-hybridized carbons (Fsp3) is 0.583. The van der Waals surface area contributed by atoms with Crippen LogP contribution in [0.1, 0.15) is 32.1 Å². The normalized spacial score (nSPS) is 17.1. The third-order valence-corrected chi connectivity index (χ3v) is 3.08. The van der Waals surface area contributed by atoms with Gasteiger partial charge in [-0.25, -0.2) is 4.98 Å². The number of pyridine rings is 1. The Morgan fingerprint density at radius 2 is 2.12 bits per heavy atom. The molecule has 1 heterocycles. The van der Waals surface area contributed by atoms with Crippen molar-refractivity contribution in [2.24, 2.45) is 0 Å². The number of nitrogens with two attached hydrogens (primary N) is 1. The van der Waals surface area contributed by atoms with Crippen LogP contribution in [0.4, 0.5) is 11.4 Å². The smallest absolute Gasteiger partial charge is 0.215 e. The Bertz CT molecular complexity index is 348. The average molecular weight is 221 g/mol. The maximum Gasteiger partial charge on any atom is 0.215 e. The van der Waals surface area contributed by atoms with Gasteiger partial charge in [-0.3, -0.25) is 0 Å². The number of anilines is 2. The summed E-state index contributed by atoms with van der Waals surface area (Å²) in [5, 5.41) is 3.46. The van der Waals surface area contributed by atoms with Gasteiger partial charge in [0.05, 0.1) is 24.7 Å². The van der Waals surface area contributed by atoms with E-state index in [0.29, 0.717) is 17.6 Å². The average Bonchev–Trinajstić information content (AvgIpc) is 2.33. The maximum absolute atomic E-state index is 5.93. The molecule has 2 rings (SSSR count). The second kappa shape index (κ2) is 5.05. The summed E-state index contributed by atoms with van der Waals surface area (Å²) in [6.45, 7) is 0. The summed E-state index contributed by atoms with van der Waals surface area (Å²) in [4.78, 5) is 4.16. The van der Waals surface area contributed by atoms with Crippen LogP contribution in [0.2, 0.25) is 0 Å². The zero-order valence-electron chi connectivity index (χ0n) is 9.70. The number of nitrogens with zero attached hydrogens (tertiary/aromatic N) is 1. The van der Waals surface area contributed by atoms with Crippen molar-refractivity contribution in [2.45, 2.75) is 38.1 Å². The molecule has 1 fully saturated rings. The molecule has 1 aliphatic rings. The predicted octanol–water partition coefficient (Wildman–Crippen LogP) is 2.42. The molecule has 4 nitrogen and oxygen atoms in total. The molecule has 0 radical (unpaired) electrons. The van der Waals surface area contributed by atoms with Crippen LogP contribution in [0.5, 0.6) is 5.88 Å². The van der Waals surface area contributed by atoms with Crippen LogP contribution in [-0.4, -0.2) is 18.1 Å². The Labute approximate surface area is 96.2 Å². The van der Waals surface area contributed by atoms with Gasteiger partial charge in [0.2, 0.25) is 5.88 Å². The van der Waals surface area contributed by atoms with Crippen molar-refractivity contribution in [2.75, 3.05) is 18.2 Å². The Balaban J connectivity index is 2.03. The first kappa shape index (κ1) is 11.0. The first-order valence-electron chi connectivity index (χ1n) is 5.85. The van der Waals surface area contributed by atoms with Crippen molar-refractivity contribution in [3.63, 3.8) is 0 Å². The van der Waals surface area contributed by atoms with Gasteiger partial charge < -0.3 is 15.8 Å². The highest BCUT2D eigenvalue weighted by atomic mass is 16.5. The largest absolute Gasteiger partial charge is 0.481 e. The number of nitrogens with one attached hydrogen (secondary N) is 1. The topological polar surface area (TPSA) is 60.2 Å². The van der Waals surface area contributed by atoms with Crippen LogP contribution in [-0.2, 0) is 0 Å². The van der Waals surface area contributed by atoms with Gasteiger partial charge in [0.1, 0.15) is 0 Å². The van der Waals surface area contributed by atoms with E-state index in [-0.39, 0.29) is 0 Å². The lowest BCUT2D eigenvalue weighted by atomic mass is 9.95. The highest BCUT2D eigenvalue weighted by Gasteiger charge is 2.14. The summed E-state index contributed by atoms with van der Waals surface area (Å²) < 4.78 is 5.02. The zero-order chi connectivity index (χ0) is 11.4. The molecule has 4 heteroatoms. The Morgan fingerprint density at radius 1 is 1.38 bits per heavy atom. The fourth-order valence-electron chi connectivity index (χ4n) is 2.15. The van der Waals surface area contributed by atoms with Crippen molar-refractivity contribution in [1.29, 1.82) is 0 Å². The molecule has 88 valence electrons. The van der Waals surface area contributed by atoms with Crippen molar-refractivity contribution >= 4 is 11.4 Å². The molecule has 0 spiro atoms. The number of methoxy groups -OCH3 is 1. The standard InChI is InChI=1S/C12H19N3O/c1-16-12-7-10(13)11(8-14-12)15-9-5-3-2-4-6-9/h7-9,15H,2-6H2,1H3,(H2,13,14). The SMILES string of the molecule is COc1cc(N)c(NC2CCCCC2)cn1. The Morgan fingerprint density at radius 3 is 2.75 bits per heavy atom. The van der Waals surface area contributed by atoms with E-state index in [4.69, 9.17) is 10.5 Å². The minimum Gasteiger partial charge on any atom is -0.481 e. The number of nitrogen functional groups attached to an aromatic ring is 1. The number of ether oxygens (including phenoxy) is 1. The number of aromatic nitrogens is 1. The molecular weight excluding hydrogens is 202 g/mol. The first-order chi connectivity index (χ1) is 7.79. The minimum atomic E-state index is 0.547. The van der Waals surface area contributed by atoms with E-state index in [1.165, 1.54) is 32.1 Å². The zero-order valence-corrected chi connectivity index (χ0v) is 9.70. The summed E-state index contributed by atoms with van der Waals surface area (Å²) in [6.07, 6.45) is 8.18. The van der Waals surface area contributed by atoms with E-state index in [1.807, 2.05) is 0 Å². The van der Waals surface area contributed by atoms with E-state index >= 15 is 0 Å². The molecule has 1 saturated carbocycles. The third-order valence-electron chi connectivity index (χ3n) is 3.08. The monoisotopic (exact) mass is 221 g/mol. The summed E-state index contributed by atoms with van der Waals surface area (Å²) in [6, 6.07) is 2.30. The van der Waals surface area contributed by atoms with Gasteiger partial charge >= 0.3 is 0 Å². The van der Waals surface area contributed by atoms with E-state index in [2.05, 4.69) is 10.3 Å². The van der Waals surface area contributed by atoms with Gasteiger partial charge in [0, 0.05) is 12.1 Å². The number of hydrogen-bond donors (Lipinski definition) is 2. The van der Waals surface area contributed by atoms with Crippen LogP contribution in [0.15, 0.2) is 12.3 Å². The van der Waals surface area contributed by atoms with E-state index in [9.17, 15) is 0 Å². The van der Waals surface area contributed by atoms with E-state index in [1.54, 1.807) is 19.4 Å². The molecule has 0 aromatic carbocycles. The van der Waals surface area contributed by atoms with Gasteiger partial charge in [-0.05, 0) is 12.8 Å². The van der Waals surface area contributed by atoms with Crippen LogP contribution in [0, 0.1) is 0 Å². The van der Waals surface area contributed by atoms with E-state index in [0.717, 1.165) is 5.69 Å². The van der Waals surface area contributed by atoms with Crippen LogP contribution in [0.25, 0.3) is 0 Å². The molecule has 1 aliphatic carbocycles. The predicted molar refractivity (Wildman–Crippen MR) is 65.7 cm³/mol. The molecule has 1 aromatic rings. The van der Waals surface area contributed by atoms with Gasteiger partial charge in [0.15, 0.2) is 0 Å². The van der Waals surface area contributed by atoms with Gasteiger partial charge in [0.25, 0.3) is 0 Å². The molecule has 16 heavy (non-hydrogen) atoms. The Hall–Kier alpha value is -1.45. The lowest BCUT2D eigenvalue weighted by Gasteiger charge is -2.24. The van der Waals surface area contributed by atoms with Gasteiger partial charge in [-0.2, -0.15) is 0 Å². The minimum absolute atomic E-state index is 0.547. The molecule has 0 saturated heterocycles. The molecule has 0 bridgehead atoms. The lowest BCUT2D eigenvalue weighted by Crippen LogP contribution is -2.22. The van der Waals surface area contributed by atoms with Gasteiger partial charge in [-0.15, -0.1) is 0 Å². The van der Waals surface area contributed by atoms with Crippen LogP contribution >= 0.6 is 0 Å². The lowest BCUT2D eigenvalue weighted by molar-refractivity contribution is 0.398. The highest BCUT2D eigenvalue weighted by Crippen LogP contribution is 2.26. The quantitative estimate of drug-likeness (QED) is 0.823. The Kier molecular flexibility index (Phi) is 3.49. The van der Waals surface area contributed by atoms with Gasteiger partial charge in [-0.1, -0.05) is 19.3 Å². The molecule has 1 aromatic heterocycles. The molecule has 0 aliphatic heterocycles. The molecular formula is C12H19N3O. The van der Waals surface area contributed by atoms with Crippen molar-refractivity contribution in [3.05, 3.63) is 12.3 Å². The fourth-order valence-corrected chi connectivity index (χ4v) is 2.15.